The Labute approximate surface area is 374 Å². The molecule has 0 bridgehead atoms. The van der Waals surface area contributed by atoms with E-state index < -0.39 is 45.1 Å². The molecule has 10 nitrogen and oxygen atoms in total. The Kier molecular flexibility index (Phi) is 44.8. The van der Waals surface area contributed by atoms with Crippen LogP contribution in [-0.4, -0.2) is 60.5 Å². The quantitative estimate of drug-likeness (QED) is 0.0233. The third-order valence-corrected chi connectivity index (χ3v) is 11.8. The smallest absolute Gasteiger partial charge is 0.472 e. The van der Waals surface area contributed by atoms with Crippen LogP contribution in [0.15, 0.2) is 36.5 Å². The van der Waals surface area contributed by atoms with E-state index in [1.165, 1.54) is 154 Å². The van der Waals surface area contributed by atoms with Gasteiger partial charge < -0.3 is 25.2 Å². The Morgan fingerprint density at radius 1 is 0.525 bits per heavy atom. The van der Waals surface area contributed by atoms with Crippen LogP contribution in [0, 0.1) is 0 Å². The number of carboxylic acid groups (broad SMARTS) is 1. The van der Waals surface area contributed by atoms with Crippen molar-refractivity contribution < 1.29 is 42.7 Å². The maximum absolute atomic E-state index is 12.7. The molecule has 0 spiro atoms. The number of carboxylic acids is 1. The van der Waals surface area contributed by atoms with E-state index in [1.807, 2.05) is 0 Å². The first-order valence-electron chi connectivity index (χ1n) is 25.0. The predicted molar refractivity (Wildman–Crippen MR) is 254 cm³/mol. The van der Waals surface area contributed by atoms with Crippen LogP contribution < -0.4 is 5.73 Å². The van der Waals surface area contributed by atoms with E-state index in [4.69, 9.17) is 29.4 Å². The average molecular weight is 884 g/mol. The van der Waals surface area contributed by atoms with Crippen LogP contribution in [0.25, 0.3) is 0 Å². The van der Waals surface area contributed by atoms with Gasteiger partial charge in [-0.05, 0) is 70.6 Å². The van der Waals surface area contributed by atoms with Crippen molar-refractivity contribution in [2.75, 3.05) is 26.4 Å². The number of rotatable bonds is 48. The molecule has 0 aliphatic rings. The molecule has 0 fully saturated rings. The molecule has 0 rings (SSSR count). The van der Waals surface area contributed by atoms with Crippen molar-refractivity contribution in [1.29, 1.82) is 0 Å². The molecule has 0 aliphatic heterocycles. The molecule has 4 N–H and O–H groups in total. The first kappa shape index (κ1) is 59.2. The largest absolute Gasteiger partial charge is 0.480 e. The topological polar surface area (TPSA) is 155 Å². The molecule has 0 saturated heterocycles. The second-order valence-electron chi connectivity index (χ2n) is 16.9. The van der Waals surface area contributed by atoms with Crippen molar-refractivity contribution in [3.63, 3.8) is 0 Å². The van der Waals surface area contributed by atoms with E-state index in [1.54, 1.807) is 0 Å². The predicted octanol–water partition coefficient (Wildman–Crippen LogP) is 14.4. The van der Waals surface area contributed by atoms with Crippen LogP contribution in [0.2, 0.25) is 0 Å². The van der Waals surface area contributed by atoms with Gasteiger partial charge in [-0.2, -0.15) is 0 Å². The van der Waals surface area contributed by atoms with Crippen molar-refractivity contribution >= 4 is 19.8 Å². The number of carbonyl (C=O) groups excluding carboxylic acids is 1. The van der Waals surface area contributed by atoms with Crippen molar-refractivity contribution in [1.82, 2.24) is 0 Å². The lowest BCUT2D eigenvalue weighted by Crippen LogP contribution is -2.34. The third kappa shape index (κ3) is 46.0. The molecule has 0 aromatic carbocycles. The number of phosphoric acid groups is 1. The average Bonchev–Trinajstić information content (AvgIpc) is 3.24. The number of aliphatic carboxylic acids is 1. The molecular weight excluding hydrogens is 790 g/mol. The van der Waals surface area contributed by atoms with Crippen LogP contribution in [0.3, 0.4) is 0 Å². The minimum absolute atomic E-state index is 0.0110. The number of esters is 1. The summed E-state index contributed by atoms with van der Waals surface area (Å²) in [6.07, 6.45) is 53.4. The molecule has 0 amide bonds. The van der Waals surface area contributed by atoms with E-state index in [9.17, 15) is 19.0 Å². The van der Waals surface area contributed by atoms with Crippen LogP contribution >= 0.6 is 7.82 Å². The second kappa shape index (κ2) is 46.2. The number of phosphoric ester groups is 1. The van der Waals surface area contributed by atoms with Gasteiger partial charge in [-0.15, -0.1) is 0 Å². The van der Waals surface area contributed by atoms with Gasteiger partial charge in [0.15, 0.2) is 0 Å². The maximum Gasteiger partial charge on any atom is 0.472 e. The molecule has 3 unspecified atom stereocenters. The Bertz CT molecular complexity index is 1110. The Hall–Kier alpha value is -1.81. The molecule has 61 heavy (non-hydrogen) atoms. The second-order valence-corrected chi connectivity index (χ2v) is 18.4. The summed E-state index contributed by atoms with van der Waals surface area (Å²) in [6, 6.07) is -1.48. The standard InChI is InChI=1S/C50H94NO9P/c1-3-5-7-9-11-13-15-17-19-21-22-23-24-25-26-27-28-30-32-34-36-38-40-42-49(52)60-47(45-58-61(55,56)59-46-48(51)50(53)54)44-57-43-41-39-37-35-33-31-29-20-18-16-14-12-10-8-6-4-2/h12,14,18,20-22,47-48H,3-11,13,15-17,19,23-46,51H2,1-2H3,(H,53,54)(H,55,56)/b14-12-,20-18-,22-21-. The number of unbranched alkanes of at least 4 members (excludes halogenated alkanes) is 28. The van der Waals surface area contributed by atoms with Crippen molar-refractivity contribution in [2.24, 2.45) is 5.73 Å². The fraction of sp³-hybridized carbons (Fsp3) is 0.840. The Morgan fingerprint density at radius 2 is 0.902 bits per heavy atom. The minimum atomic E-state index is -4.62. The Morgan fingerprint density at radius 3 is 1.38 bits per heavy atom. The first-order valence-corrected chi connectivity index (χ1v) is 26.5. The van der Waals surface area contributed by atoms with Crippen molar-refractivity contribution in [2.45, 2.75) is 244 Å². The molecule has 0 heterocycles. The zero-order chi connectivity index (χ0) is 44.8. The van der Waals surface area contributed by atoms with Crippen molar-refractivity contribution in [3.8, 4) is 0 Å². The van der Waals surface area contributed by atoms with E-state index in [0.717, 1.165) is 51.4 Å². The molecular formula is C50H94NO9P. The summed E-state index contributed by atoms with van der Waals surface area (Å²) >= 11 is 0. The lowest BCUT2D eigenvalue weighted by molar-refractivity contribution is -0.154. The molecule has 11 heteroatoms. The lowest BCUT2D eigenvalue weighted by Gasteiger charge is -2.20. The van der Waals surface area contributed by atoms with Crippen LogP contribution in [0.5, 0.6) is 0 Å². The van der Waals surface area contributed by atoms with Gasteiger partial charge in [0.05, 0.1) is 19.8 Å². The molecule has 0 radical (unpaired) electrons. The fourth-order valence-corrected chi connectivity index (χ4v) is 7.76. The maximum atomic E-state index is 12.7. The van der Waals surface area contributed by atoms with Crippen LogP contribution in [0.1, 0.15) is 232 Å². The van der Waals surface area contributed by atoms with Gasteiger partial charge in [0.25, 0.3) is 0 Å². The van der Waals surface area contributed by atoms with E-state index in [2.05, 4.69) is 50.3 Å². The van der Waals surface area contributed by atoms with Crippen molar-refractivity contribution in [3.05, 3.63) is 36.5 Å². The van der Waals surface area contributed by atoms with Gasteiger partial charge in [0.2, 0.25) is 0 Å². The summed E-state index contributed by atoms with van der Waals surface area (Å²) < 4.78 is 33.5. The zero-order valence-electron chi connectivity index (χ0n) is 39.3. The van der Waals surface area contributed by atoms with Gasteiger partial charge in [-0.3, -0.25) is 18.6 Å². The van der Waals surface area contributed by atoms with Gasteiger partial charge in [0, 0.05) is 13.0 Å². The van der Waals surface area contributed by atoms with Gasteiger partial charge >= 0.3 is 19.8 Å². The highest BCUT2D eigenvalue weighted by atomic mass is 31.2. The van der Waals surface area contributed by atoms with Gasteiger partial charge in [-0.1, -0.05) is 192 Å². The summed E-state index contributed by atoms with van der Waals surface area (Å²) in [4.78, 5) is 33.7. The molecule has 0 saturated carbocycles. The molecule has 0 aromatic heterocycles. The number of ether oxygens (including phenoxy) is 2. The van der Waals surface area contributed by atoms with Gasteiger partial charge in [0.1, 0.15) is 12.1 Å². The number of hydrogen-bond donors (Lipinski definition) is 3. The fourth-order valence-electron chi connectivity index (χ4n) is 6.98. The molecule has 3 atom stereocenters. The third-order valence-electron chi connectivity index (χ3n) is 10.9. The van der Waals surface area contributed by atoms with E-state index in [-0.39, 0.29) is 13.0 Å². The summed E-state index contributed by atoms with van der Waals surface area (Å²) in [7, 11) is -4.62. The lowest BCUT2D eigenvalue weighted by atomic mass is 10.0. The van der Waals surface area contributed by atoms with Gasteiger partial charge in [-0.25, -0.2) is 4.57 Å². The van der Waals surface area contributed by atoms with E-state index in [0.29, 0.717) is 13.0 Å². The highest BCUT2D eigenvalue weighted by molar-refractivity contribution is 7.47. The molecule has 0 aromatic rings. The first-order chi connectivity index (χ1) is 29.7. The van der Waals surface area contributed by atoms with E-state index >= 15 is 0 Å². The SMILES string of the molecule is CCCCC/C=C\C/C=C\CCCCCCCCOCC(COP(=O)(O)OCC(N)C(=O)O)OC(=O)CCCCCCCCCCCCC/C=C\CCCCCCCCCC. The highest BCUT2D eigenvalue weighted by Crippen LogP contribution is 2.43. The number of nitrogens with two attached hydrogens (primary N) is 1. The summed E-state index contributed by atoms with van der Waals surface area (Å²) in [5.74, 6) is -1.78. The summed E-state index contributed by atoms with van der Waals surface area (Å²) in [5.41, 5.74) is 5.37. The normalized spacial score (nSPS) is 14.0. The summed E-state index contributed by atoms with van der Waals surface area (Å²) in [6.45, 7) is 3.86. The Balaban J connectivity index is 4.13. The number of allylic oxidation sites excluding steroid dienone is 6. The van der Waals surface area contributed by atoms with Crippen LogP contribution in [-0.2, 0) is 32.7 Å². The molecule has 358 valence electrons. The van der Waals surface area contributed by atoms with Crippen LogP contribution in [0.4, 0.5) is 0 Å². The zero-order valence-corrected chi connectivity index (χ0v) is 40.2. The minimum Gasteiger partial charge on any atom is -0.480 e. The molecule has 0 aliphatic carbocycles. The number of hydrogen-bond acceptors (Lipinski definition) is 8. The number of carbonyl (C=O) groups is 2. The highest BCUT2D eigenvalue weighted by Gasteiger charge is 2.27. The monoisotopic (exact) mass is 884 g/mol. The summed E-state index contributed by atoms with van der Waals surface area (Å²) in [5, 5.41) is 8.92.